The lowest BCUT2D eigenvalue weighted by atomic mass is 10.1. The van der Waals surface area contributed by atoms with Crippen molar-refractivity contribution in [2.24, 2.45) is 0 Å². The summed E-state index contributed by atoms with van der Waals surface area (Å²) in [5.41, 5.74) is -0.175. The Labute approximate surface area is 123 Å². The van der Waals surface area contributed by atoms with Gasteiger partial charge in [-0.05, 0) is 32.9 Å². The van der Waals surface area contributed by atoms with Gasteiger partial charge in [-0.2, -0.15) is 0 Å². The van der Waals surface area contributed by atoms with Gasteiger partial charge in [0.1, 0.15) is 17.3 Å². The number of hydrogen-bond acceptors (Lipinski definition) is 3. The van der Waals surface area contributed by atoms with Crippen LogP contribution in [-0.2, 0) is 4.74 Å². The van der Waals surface area contributed by atoms with E-state index in [0.29, 0.717) is 19.6 Å². The normalized spacial score (nSPS) is 22.2. The van der Waals surface area contributed by atoms with Crippen molar-refractivity contribution in [3.8, 4) is 0 Å². The highest BCUT2D eigenvalue weighted by Crippen LogP contribution is 2.22. The average Bonchev–Trinajstić information content (AvgIpc) is 2.40. The molecular formula is C15H20F2N2O2. The predicted octanol–water partition coefficient (Wildman–Crippen LogP) is 2.65. The first-order valence-electron chi connectivity index (χ1n) is 7.10. The molecule has 0 unspecified atom stereocenters. The second-order valence-corrected chi connectivity index (χ2v) is 5.31. The van der Waals surface area contributed by atoms with Crippen LogP contribution in [0, 0.1) is 11.6 Å². The quantitative estimate of drug-likeness (QED) is 0.933. The van der Waals surface area contributed by atoms with Crippen molar-refractivity contribution in [3.63, 3.8) is 0 Å². The molecule has 4 nitrogen and oxygen atoms in total. The summed E-state index contributed by atoms with van der Waals surface area (Å²) in [7, 11) is 0. The Morgan fingerprint density at radius 2 is 1.81 bits per heavy atom. The summed E-state index contributed by atoms with van der Waals surface area (Å²) in [6, 6.07) is 2.16. The van der Waals surface area contributed by atoms with Gasteiger partial charge in [0.2, 0.25) is 0 Å². The topological polar surface area (TPSA) is 41.6 Å². The zero-order chi connectivity index (χ0) is 15.6. The third kappa shape index (κ3) is 3.50. The summed E-state index contributed by atoms with van der Waals surface area (Å²) in [5.74, 6) is -1.89. The lowest BCUT2D eigenvalue weighted by molar-refractivity contribution is -0.0586. The van der Waals surface area contributed by atoms with Gasteiger partial charge in [0, 0.05) is 25.2 Å². The fraction of sp³-hybridized carbons (Fsp3) is 0.533. The van der Waals surface area contributed by atoms with E-state index in [-0.39, 0.29) is 29.4 Å². The molecule has 1 aromatic rings. The molecule has 0 aliphatic carbocycles. The second kappa shape index (κ2) is 6.39. The first-order valence-corrected chi connectivity index (χ1v) is 7.10. The number of halogens is 2. The van der Waals surface area contributed by atoms with Crippen molar-refractivity contribution in [2.45, 2.75) is 33.0 Å². The predicted molar refractivity (Wildman–Crippen MR) is 76.4 cm³/mol. The van der Waals surface area contributed by atoms with Crippen LogP contribution in [0.25, 0.3) is 0 Å². The number of nitrogens with zero attached hydrogens (tertiary/aromatic N) is 1. The van der Waals surface area contributed by atoms with E-state index < -0.39 is 11.6 Å². The van der Waals surface area contributed by atoms with Gasteiger partial charge < -0.3 is 15.0 Å². The number of morpholine rings is 1. The van der Waals surface area contributed by atoms with Crippen molar-refractivity contribution >= 4 is 11.6 Å². The summed E-state index contributed by atoms with van der Waals surface area (Å²) >= 11 is 0. The Balaban J connectivity index is 2.23. The van der Waals surface area contributed by atoms with Crippen LogP contribution in [0.4, 0.5) is 14.5 Å². The molecule has 1 fully saturated rings. The van der Waals surface area contributed by atoms with E-state index in [9.17, 15) is 13.6 Å². The Kier molecular flexibility index (Phi) is 4.77. The van der Waals surface area contributed by atoms with Crippen molar-refractivity contribution in [1.82, 2.24) is 4.90 Å². The maximum absolute atomic E-state index is 13.9. The van der Waals surface area contributed by atoms with Crippen LogP contribution in [0.3, 0.4) is 0 Å². The van der Waals surface area contributed by atoms with Crippen molar-refractivity contribution in [3.05, 3.63) is 29.3 Å². The first kappa shape index (κ1) is 15.7. The third-order valence-corrected chi connectivity index (χ3v) is 3.35. The molecule has 1 saturated heterocycles. The maximum atomic E-state index is 13.9. The highest BCUT2D eigenvalue weighted by molar-refractivity contribution is 5.94. The average molecular weight is 298 g/mol. The summed E-state index contributed by atoms with van der Waals surface area (Å²) in [4.78, 5) is 14.0. The molecule has 21 heavy (non-hydrogen) atoms. The highest BCUT2D eigenvalue weighted by atomic mass is 19.1. The molecule has 1 aromatic carbocycles. The molecule has 0 bridgehead atoms. The SMILES string of the molecule is CCNc1c(F)cc(C(=O)N2C[C@@H](C)O[C@@H](C)C2)cc1F. The Morgan fingerprint density at radius 3 is 2.29 bits per heavy atom. The van der Waals surface area contributed by atoms with Crippen LogP contribution in [0.5, 0.6) is 0 Å². The maximum Gasteiger partial charge on any atom is 0.254 e. The number of anilines is 1. The second-order valence-electron chi connectivity index (χ2n) is 5.31. The van der Waals surface area contributed by atoms with Gasteiger partial charge in [0.25, 0.3) is 5.91 Å². The Morgan fingerprint density at radius 1 is 1.29 bits per heavy atom. The fourth-order valence-electron chi connectivity index (χ4n) is 2.57. The van der Waals surface area contributed by atoms with E-state index in [4.69, 9.17) is 4.74 Å². The number of rotatable bonds is 3. The molecule has 2 rings (SSSR count). The largest absolute Gasteiger partial charge is 0.381 e. The lowest BCUT2D eigenvalue weighted by Crippen LogP contribution is -2.48. The number of benzene rings is 1. The van der Waals surface area contributed by atoms with Gasteiger partial charge in [-0.3, -0.25) is 4.79 Å². The van der Waals surface area contributed by atoms with Crippen LogP contribution in [-0.4, -0.2) is 42.6 Å². The number of amides is 1. The molecule has 0 saturated carbocycles. The minimum Gasteiger partial charge on any atom is -0.381 e. The van der Waals surface area contributed by atoms with Crippen LogP contribution < -0.4 is 5.32 Å². The fourth-order valence-corrected chi connectivity index (χ4v) is 2.57. The smallest absolute Gasteiger partial charge is 0.254 e. The molecule has 1 aliphatic heterocycles. The molecule has 6 heteroatoms. The lowest BCUT2D eigenvalue weighted by Gasteiger charge is -2.35. The minimum absolute atomic E-state index is 0.0213. The van der Waals surface area contributed by atoms with Gasteiger partial charge in [0.15, 0.2) is 0 Å². The van der Waals surface area contributed by atoms with E-state index in [2.05, 4.69) is 5.32 Å². The van der Waals surface area contributed by atoms with Gasteiger partial charge in [-0.25, -0.2) is 8.78 Å². The van der Waals surface area contributed by atoms with E-state index in [0.717, 1.165) is 12.1 Å². The molecule has 0 aromatic heterocycles. The number of nitrogens with one attached hydrogen (secondary N) is 1. The molecule has 0 radical (unpaired) electrons. The first-order chi connectivity index (χ1) is 9.92. The summed E-state index contributed by atoms with van der Waals surface area (Å²) in [5, 5.41) is 2.61. The molecular weight excluding hydrogens is 278 g/mol. The molecule has 1 amide bonds. The summed E-state index contributed by atoms with van der Waals surface area (Å²) in [6.45, 7) is 6.72. The number of hydrogen-bond donors (Lipinski definition) is 1. The minimum atomic E-state index is -0.755. The van der Waals surface area contributed by atoms with Crippen LogP contribution in [0.15, 0.2) is 12.1 Å². The third-order valence-electron chi connectivity index (χ3n) is 3.35. The zero-order valence-electron chi connectivity index (χ0n) is 12.5. The Bertz CT molecular complexity index is 503. The molecule has 1 N–H and O–H groups in total. The Hall–Kier alpha value is -1.69. The van der Waals surface area contributed by atoms with E-state index in [1.165, 1.54) is 0 Å². The van der Waals surface area contributed by atoms with E-state index >= 15 is 0 Å². The van der Waals surface area contributed by atoms with E-state index in [1.807, 2.05) is 13.8 Å². The molecule has 1 aliphatic rings. The number of carbonyl (C=O) groups is 1. The van der Waals surface area contributed by atoms with Crippen molar-refractivity contribution < 1.29 is 18.3 Å². The van der Waals surface area contributed by atoms with Crippen LogP contribution >= 0.6 is 0 Å². The summed E-state index contributed by atoms with van der Waals surface area (Å²) < 4.78 is 33.3. The highest BCUT2D eigenvalue weighted by Gasteiger charge is 2.27. The van der Waals surface area contributed by atoms with Crippen LogP contribution in [0.1, 0.15) is 31.1 Å². The zero-order valence-corrected chi connectivity index (χ0v) is 12.5. The molecule has 2 atom stereocenters. The number of carbonyl (C=O) groups excluding carboxylic acids is 1. The monoisotopic (exact) mass is 298 g/mol. The van der Waals surface area contributed by atoms with Gasteiger partial charge >= 0.3 is 0 Å². The molecule has 1 heterocycles. The van der Waals surface area contributed by atoms with Gasteiger partial charge in [-0.1, -0.05) is 0 Å². The van der Waals surface area contributed by atoms with Crippen molar-refractivity contribution in [2.75, 3.05) is 25.0 Å². The van der Waals surface area contributed by atoms with Gasteiger partial charge in [-0.15, -0.1) is 0 Å². The molecule has 116 valence electrons. The summed E-state index contributed by atoms with van der Waals surface area (Å²) in [6.07, 6.45) is -0.179. The standard InChI is InChI=1S/C15H20F2N2O2/c1-4-18-14-12(16)5-11(6-13(14)17)15(20)19-7-9(2)21-10(3)8-19/h5-6,9-10,18H,4,7-8H2,1-3H3/t9-,10+. The molecule has 0 spiro atoms. The number of ether oxygens (including phenoxy) is 1. The van der Waals surface area contributed by atoms with Crippen LogP contribution in [0.2, 0.25) is 0 Å². The van der Waals surface area contributed by atoms with Gasteiger partial charge in [0.05, 0.1) is 12.2 Å². The van der Waals surface area contributed by atoms with E-state index in [1.54, 1.807) is 11.8 Å². The van der Waals surface area contributed by atoms with Crippen molar-refractivity contribution in [1.29, 1.82) is 0 Å².